The minimum Gasteiger partial charge on any atom is -0.382 e. The standard InChI is InChI=1S/C13H20N4O2S/c1-13(5-6-19-7-13)17-11(18)9-10(14)16-12(20-9)15-8-3-2-4-8/h8H,2-7,14H2,1H3,(H,15,16)(H,17,18). The number of nitrogen functional groups attached to an aromatic ring is 1. The zero-order valence-corrected chi connectivity index (χ0v) is 12.4. The van der Waals surface area contributed by atoms with Crippen LogP contribution in [0, 0.1) is 0 Å². The second-order valence-electron chi connectivity index (χ2n) is 5.82. The molecule has 3 rings (SSSR count). The fraction of sp³-hybridized carbons (Fsp3) is 0.692. The first-order chi connectivity index (χ1) is 9.56. The molecule has 2 heterocycles. The SMILES string of the molecule is CC1(NC(=O)c2sc(NC3CCC3)nc2N)CCOC1. The summed E-state index contributed by atoms with van der Waals surface area (Å²) in [5.74, 6) is 0.145. The molecule has 1 atom stereocenters. The van der Waals surface area contributed by atoms with Crippen molar-refractivity contribution in [1.29, 1.82) is 0 Å². The Morgan fingerprint density at radius 3 is 2.95 bits per heavy atom. The number of nitrogens with one attached hydrogen (secondary N) is 2. The number of amides is 1. The first-order valence-corrected chi connectivity index (χ1v) is 7.80. The van der Waals surface area contributed by atoms with E-state index in [1.54, 1.807) is 0 Å². The Hall–Kier alpha value is -1.34. The Kier molecular flexibility index (Phi) is 3.55. The maximum atomic E-state index is 12.3. The average Bonchev–Trinajstić information content (AvgIpc) is 2.90. The van der Waals surface area contributed by atoms with Crippen LogP contribution in [0.3, 0.4) is 0 Å². The number of nitrogens with two attached hydrogens (primary N) is 1. The van der Waals surface area contributed by atoms with Crippen molar-refractivity contribution in [2.75, 3.05) is 24.3 Å². The van der Waals surface area contributed by atoms with Gasteiger partial charge in [-0.2, -0.15) is 0 Å². The number of carbonyl (C=O) groups excluding carboxylic acids is 1. The molecule has 7 heteroatoms. The number of hydrogen-bond acceptors (Lipinski definition) is 6. The van der Waals surface area contributed by atoms with E-state index in [2.05, 4.69) is 15.6 Å². The molecule has 0 bridgehead atoms. The first kappa shape index (κ1) is 13.6. The van der Waals surface area contributed by atoms with Crippen molar-refractivity contribution < 1.29 is 9.53 Å². The highest BCUT2D eigenvalue weighted by Crippen LogP contribution is 2.30. The molecule has 4 N–H and O–H groups in total. The van der Waals surface area contributed by atoms with Gasteiger partial charge in [0.15, 0.2) is 5.13 Å². The molecule has 0 aromatic carbocycles. The summed E-state index contributed by atoms with van der Waals surface area (Å²) in [6, 6.07) is 0.484. The normalized spacial score (nSPS) is 26.2. The predicted molar refractivity (Wildman–Crippen MR) is 79.1 cm³/mol. The van der Waals surface area contributed by atoms with E-state index in [0.717, 1.165) is 24.4 Å². The number of carbonyl (C=O) groups is 1. The molecule has 6 nitrogen and oxygen atoms in total. The van der Waals surface area contributed by atoms with Gasteiger partial charge in [-0.3, -0.25) is 4.79 Å². The third-order valence-electron chi connectivity index (χ3n) is 3.93. The Bertz CT molecular complexity index is 506. The van der Waals surface area contributed by atoms with Gasteiger partial charge in [0.25, 0.3) is 5.91 Å². The van der Waals surface area contributed by atoms with E-state index in [1.165, 1.54) is 17.8 Å². The van der Waals surface area contributed by atoms with Crippen LogP contribution in [0.25, 0.3) is 0 Å². The monoisotopic (exact) mass is 296 g/mol. The molecule has 1 aliphatic carbocycles. The Balaban J connectivity index is 1.67. The molecule has 1 amide bonds. The molecular weight excluding hydrogens is 276 g/mol. The van der Waals surface area contributed by atoms with Gasteiger partial charge in [-0.25, -0.2) is 4.98 Å². The molecule has 20 heavy (non-hydrogen) atoms. The van der Waals surface area contributed by atoms with Gasteiger partial charge in [0.1, 0.15) is 10.7 Å². The molecule has 1 saturated carbocycles. The molecule has 1 saturated heterocycles. The lowest BCUT2D eigenvalue weighted by molar-refractivity contribution is 0.0894. The highest BCUT2D eigenvalue weighted by Gasteiger charge is 2.33. The molecule has 1 aliphatic heterocycles. The van der Waals surface area contributed by atoms with Gasteiger partial charge in [-0.15, -0.1) is 0 Å². The van der Waals surface area contributed by atoms with E-state index < -0.39 is 0 Å². The number of thiazole rings is 1. The summed E-state index contributed by atoms with van der Waals surface area (Å²) >= 11 is 1.33. The lowest BCUT2D eigenvalue weighted by atomic mass is 9.93. The maximum absolute atomic E-state index is 12.3. The Morgan fingerprint density at radius 1 is 1.55 bits per heavy atom. The van der Waals surface area contributed by atoms with Crippen LogP contribution in [0.2, 0.25) is 0 Å². The number of anilines is 2. The topological polar surface area (TPSA) is 89.3 Å². The highest BCUT2D eigenvalue weighted by atomic mass is 32.1. The lowest BCUT2D eigenvalue weighted by Gasteiger charge is -2.25. The minimum atomic E-state index is -0.297. The van der Waals surface area contributed by atoms with Crippen molar-refractivity contribution in [3.8, 4) is 0 Å². The third kappa shape index (κ3) is 2.73. The van der Waals surface area contributed by atoms with Crippen molar-refractivity contribution in [1.82, 2.24) is 10.3 Å². The molecule has 1 aromatic rings. The summed E-state index contributed by atoms with van der Waals surface area (Å²) in [7, 11) is 0. The fourth-order valence-corrected chi connectivity index (χ4v) is 3.24. The van der Waals surface area contributed by atoms with Crippen LogP contribution in [0.4, 0.5) is 10.9 Å². The van der Waals surface area contributed by atoms with Gasteiger partial charge in [0, 0.05) is 12.6 Å². The van der Waals surface area contributed by atoms with E-state index in [4.69, 9.17) is 10.5 Å². The number of ether oxygens (including phenoxy) is 1. The zero-order valence-electron chi connectivity index (χ0n) is 11.6. The van der Waals surface area contributed by atoms with Gasteiger partial charge in [0.05, 0.1) is 12.1 Å². The van der Waals surface area contributed by atoms with Crippen molar-refractivity contribution in [2.24, 2.45) is 0 Å². The maximum Gasteiger partial charge on any atom is 0.265 e. The molecule has 2 fully saturated rings. The van der Waals surface area contributed by atoms with Crippen LogP contribution < -0.4 is 16.4 Å². The summed E-state index contributed by atoms with van der Waals surface area (Å²) in [6.45, 7) is 3.22. The smallest absolute Gasteiger partial charge is 0.265 e. The summed E-state index contributed by atoms with van der Waals surface area (Å²) in [4.78, 5) is 17.0. The highest BCUT2D eigenvalue weighted by molar-refractivity contribution is 7.18. The van der Waals surface area contributed by atoms with Crippen LogP contribution in [0.15, 0.2) is 0 Å². The molecular formula is C13H20N4O2S. The molecule has 2 aliphatic rings. The number of rotatable bonds is 4. The van der Waals surface area contributed by atoms with Crippen molar-refractivity contribution in [2.45, 2.75) is 44.2 Å². The summed E-state index contributed by atoms with van der Waals surface area (Å²) in [5, 5.41) is 7.07. The summed E-state index contributed by atoms with van der Waals surface area (Å²) in [5.41, 5.74) is 5.57. The largest absolute Gasteiger partial charge is 0.382 e. The van der Waals surface area contributed by atoms with Crippen molar-refractivity contribution >= 4 is 28.2 Å². The second-order valence-corrected chi connectivity index (χ2v) is 6.82. The van der Waals surface area contributed by atoms with Gasteiger partial charge < -0.3 is 21.1 Å². The summed E-state index contributed by atoms with van der Waals surface area (Å²) < 4.78 is 5.34. The average molecular weight is 296 g/mol. The zero-order chi connectivity index (χ0) is 14.2. The Labute approximate surface area is 122 Å². The van der Waals surface area contributed by atoms with E-state index in [-0.39, 0.29) is 11.4 Å². The van der Waals surface area contributed by atoms with Gasteiger partial charge in [0.2, 0.25) is 0 Å². The van der Waals surface area contributed by atoms with Crippen LogP contribution in [-0.2, 0) is 4.74 Å². The molecule has 1 aromatic heterocycles. The number of aromatic nitrogens is 1. The van der Waals surface area contributed by atoms with Crippen molar-refractivity contribution in [3.63, 3.8) is 0 Å². The van der Waals surface area contributed by atoms with Crippen LogP contribution >= 0.6 is 11.3 Å². The third-order valence-corrected chi connectivity index (χ3v) is 4.93. The van der Waals surface area contributed by atoms with Gasteiger partial charge in [-0.1, -0.05) is 11.3 Å². The van der Waals surface area contributed by atoms with Crippen molar-refractivity contribution in [3.05, 3.63) is 4.88 Å². The molecule has 1 unspecified atom stereocenters. The molecule has 0 radical (unpaired) electrons. The van der Waals surface area contributed by atoms with E-state index >= 15 is 0 Å². The minimum absolute atomic E-state index is 0.158. The molecule has 0 spiro atoms. The van der Waals surface area contributed by atoms with Gasteiger partial charge in [-0.05, 0) is 32.6 Å². The van der Waals surface area contributed by atoms with Crippen LogP contribution in [-0.4, -0.2) is 35.7 Å². The van der Waals surface area contributed by atoms with E-state index in [9.17, 15) is 4.79 Å². The predicted octanol–water partition coefficient (Wildman–Crippen LogP) is 1.60. The van der Waals surface area contributed by atoms with E-state index in [0.29, 0.717) is 30.0 Å². The summed E-state index contributed by atoms with van der Waals surface area (Å²) in [6.07, 6.45) is 4.40. The first-order valence-electron chi connectivity index (χ1n) is 6.99. The van der Waals surface area contributed by atoms with Gasteiger partial charge >= 0.3 is 0 Å². The van der Waals surface area contributed by atoms with Crippen LogP contribution in [0.5, 0.6) is 0 Å². The van der Waals surface area contributed by atoms with E-state index in [1.807, 2.05) is 6.92 Å². The number of nitrogens with zero attached hydrogens (tertiary/aromatic N) is 1. The quantitative estimate of drug-likeness (QED) is 0.785. The Morgan fingerprint density at radius 2 is 2.35 bits per heavy atom. The lowest BCUT2D eigenvalue weighted by Crippen LogP contribution is -2.46. The molecule has 110 valence electrons. The number of hydrogen-bond donors (Lipinski definition) is 3. The second kappa shape index (κ2) is 5.21. The fourth-order valence-electron chi connectivity index (χ4n) is 2.38. The van der Waals surface area contributed by atoms with Crippen LogP contribution in [0.1, 0.15) is 42.3 Å².